The lowest BCUT2D eigenvalue weighted by Gasteiger charge is -2.07. The van der Waals surface area contributed by atoms with Gasteiger partial charge in [-0.1, -0.05) is 5.21 Å². The molecule has 1 aromatic rings. The Hall–Kier alpha value is -1.66. The number of alkyl carbamates (subject to hydrolysis) is 1. The van der Waals surface area contributed by atoms with Gasteiger partial charge in [0.1, 0.15) is 0 Å². The third kappa shape index (κ3) is 3.50. The first kappa shape index (κ1) is 9.43. The summed E-state index contributed by atoms with van der Waals surface area (Å²) in [5.41, 5.74) is 0. The van der Waals surface area contributed by atoms with Crippen LogP contribution in [0.3, 0.4) is 0 Å². The molecule has 0 aliphatic rings. The molecule has 7 heteroatoms. The van der Waals surface area contributed by atoms with Gasteiger partial charge in [0.15, 0.2) is 5.82 Å². The highest BCUT2D eigenvalue weighted by atomic mass is 16.6. The topological polar surface area (TPSA) is 92.8 Å². The van der Waals surface area contributed by atoms with Gasteiger partial charge in [0, 0.05) is 0 Å². The van der Waals surface area contributed by atoms with Crippen molar-refractivity contribution >= 4 is 6.09 Å². The van der Waals surface area contributed by atoms with Crippen molar-refractivity contribution in [3.63, 3.8) is 0 Å². The number of nitrogens with zero attached hydrogens (tertiary/aromatic N) is 3. The van der Waals surface area contributed by atoms with Crippen LogP contribution in [0.5, 0.6) is 0 Å². The van der Waals surface area contributed by atoms with Crippen LogP contribution in [0.2, 0.25) is 0 Å². The van der Waals surface area contributed by atoms with Gasteiger partial charge in [-0.3, -0.25) is 0 Å². The second-order valence-electron chi connectivity index (χ2n) is 2.64. The SMILES string of the molecule is CC(C)OC(=O)NCc1nn[nH]n1. The highest BCUT2D eigenvalue weighted by Crippen LogP contribution is 1.89. The number of hydrogen-bond donors (Lipinski definition) is 2. The first-order valence-electron chi connectivity index (χ1n) is 3.85. The Labute approximate surface area is 74.9 Å². The first-order valence-corrected chi connectivity index (χ1v) is 3.85. The van der Waals surface area contributed by atoms with E-state index >= 15 is 0 Å². The standard InChI is InChI=1S/C6H11N5O2/c1-4(2)13-6(12)7-3-5-8-10-11-9-5/h4H,3H2,1-2H3,(H,7,12)(H,8,9,10,11). The van der Waals surface area contributed by atoms with Gasteiger partial charge in [0.2, 0.25) is 0 Å². The fraction of sp³-hybridized carbons (Fsp3) is 0.667. The molecule has 0 aliphatic carbocycles. The minimum atomic E-state index is -0.486. The molecule has 0 saturated heterocycles. The van der Waals surface area contributed by atoms with Crippen molar-refractivity contribution in [1.82, 2.24) is 25.9 Å². The molecular weight excluding hydrogens is 174 g/mol. The Bertz CT molecular complexity index is 258. The molecule has 2 N–H and O–H groups in total. The zero-order chi connectivity index (χ0) is 9.68. The monoisotopic (exact) mass is 185 g/mol. The van der Waals surface area contributed by atoms with E-state index in [0.717, 1.165) is 0 Å². The summed E-state index contributed by atoms with van der Waals surface area (Å²) in [5.74, 6) is 0.417. The molecule has 0 saturated carbocycles. The number of tetrazole rings is 1. The van der Waals surface area contributed by atoms with Gasteiger partial charge in [-0.05, 0) is 13.8 Å². The Balaban J connectivity index is 2.23. The summed E-state index contributed by atoms with van der Waals surface area (Å²) in [6, 6.07) is 0. The zero-order valence-electron chi connectivity index (χ0n) is 7.44. The fourth-order valence-corrected chi connectivity index (χ4v) is 0.664. The molecule has 0 aliphatic heterocycles. The predicted octanol–water partition coefficient (Wildman–Crippen LogP) is -0.166. The molecule has 7 nitrogen and oxygen atoms in total. The first-order chi connectivity index (χ1) is 6.18. The highest BCUT2D eigenvalue weighted by molar-refractivity contribution is 5.67. The van der Waals surface area contributed by atoms with Gasteiger partial charge in [0.05, 0.1) is 12.6 Å². The van der Waals surface area contributed by atoms with E-state index in [4.69, 9.17) is 4.74 Å². The van der Waals surface area contributed by atoms with Crippen LogP contribution in [0.25, 0.3) is 0 Å². The van der Waals surface area contributed by atoms with E-state index in [-0.39, 0.29) is 12.6 Å². The van der Waals surface area contributed by atoms with Crippen LogP contribution in [0.15, 0.2) is 0 Å². The summed E-state index contributed by atoms with van der Waals surface area (Å²) >= 11 is 0. The van der Waals surface area contributed by atoms with Crippen LogP contribution in [0.4, 0.5) is 4.79 Å². The number of nitrogens with one attached hydrogen (secondary N) is 2. The van der Waals surface area contributed by atoms with E-state index in [1.807, 2.05) is 0 Å². The fourth-order valence-electron chi connectivity index (χ4n) is 0.664. The van der Waals surface area contributed by atoms with Gasteiger partial charge >= 0.3 is 6.09 Å². The molecule has 72 valence electrons. The maximum Gasteiger partial charge on any atom is 0.407 e. The maximum atomic E-state index is 10.9. The molecule has 0 atom stereocenters. The molecular formula is C6H11N5O2. The third-order valence-electron chi connectivity index (χ3n) is 1.12. The van der Waals surface area contributed by atoms with Gasteiger partial charge in [-0.2, -0.15) is 5.21 Å². The number of H-pyrrole nitrogens is 1. The lowest BCUT2D eigenvalue weighted by Crippen LogP contribution is -2.26. The number of rotatable bonds is 3. The zero-order valence-corrected chi connectivity index (χ0v) is 7.44. The van der Waals surface area contributed by atoms with Crippen LogP contribution in [0.1, 0.15) is 19.7 Å². The summed E-state index contributed by atoms with van der Waals surface area (Å²) in [6.07, 6.45) is -0.620. The average Bonchev–Trinajstić information content (AvgIpc) is 2.51. The lowest BCUT2D eigenvalue weighted by atomic mass is 10.5. The van der Waals surface area contributed by atoms with E-state index in [0.29, 0.717) is 5.82 Å². The summed E-state index contributed by atoms with van der Waals surface area (Å²) in [6.45, 7) is 3.75. The van der Waals surface area contributed by atoms with Crippen molar-refractivity contribution < 1.29 is 9.53 Å². The molecule has 13 heavy (non-hydrogen) atoms. The molecule has 0 bridgehead atoms. The van der Waals surface area contributed by atoms with Crippen LogP contribution < -0.4 is 5.32 Å². The second-order valence-corrected chi connectivity index (χ2v) is 2.64. The smallest absolute Gasteiger partial charge is 0.407 e. The highest BCUT2D eigenvalue weighted by Gasteiger charge is 2.05. The maximum absolute atomic E-state index is 10.9. The number of amides is 1. The number of hydrogen-bond acceptors (Lipinski definition) is 5. The van der Waals surface area contributed by atoms with E-state index in [9.17, 15) is 4.79 Å². The number of carbonyl (C=O) groups excluding carboxylic acids is 1. The van der Waals surface area contributed by atoms with Crippen LogP contribution in [-0.4, -0.2) is 32.8 Å². The van der Waals surface area contributed by atoms with Gasteiger partial charge in [-0.15, -0.1) is 10.2 Å². The Kier molecular flexibility index (Phi) is 3.18. The van der Waals surface area contributed by atoms with Crippen molar-refractivity contribution in [3.05, 3.63) is 5.82 Å². The molecule has 1 amide bonds. The number of ether oxygens (including phenoxy) is 1. The molecule has 0 fully saturated rings. The average molecular weight is 185 g/mol. The van der Waals surface area contributed by atoms with E-state index in [1.54, 1.807) is 13.8 Å². The van der Waals surface area contributed by atoms with Crippen molar-refractivity contribution in [1.29, 1.82) is 0 Å². The number of aromatic nitrogens is 4. The summed E-state index contributed by atoms with van der Waals surface area (Å²) in [7, 11) is 0. The van der Waals surface area contributed by atoms with Gasteiger partial charge in [0.25, 0.3) is 0 Å². The third-order valence-corrected chi connectivity index (χ3v) is 1.12. The molecule has 1 heterocycles. The van der Waals surface area contributed by atoms with Crippen molar-refractivity contribution in [2.24, 2.45) is 0 Å². The van der Waals surface area contributed by atoms with E-state index in [2.05, 4.69) is 25.9 Å². The van der Waals surface area contributed by atoms with Gasteiger partial charge in [-0.25, -0.2) is 4.79 Å². The predicted molar refractivity (Wildman–Crippen MR) is 42.6 cm³/mol. The molecule has 0 radical (unpaired) electrons. The normalized spacial score (nSPS) is 10.1. The Morgan fingerprint density at radius 2 is 2.46 bits per heavy atom. The molecule has 0 aromatic carbocycles. The number of carbonyl (C=O) groups is 1. The Morgan fingerprint density at radius 1 is 1.69 bits per heavy atom. The van der Waals surface area contributed by atoms with Gasteiger partial charge < -0.3 is 10.1 Å². The molecule has 0 spiro atoms. The van der Waals surface area contributed by atoms with E-state index < -0.39 is 6.09 Å². The summed E-state index contributed by atoms with van der Waals surface area (Å²) in [5, 5.41) is 15.4. The minimum absolute atomic E-state index is 0.134. The van der Waals surface area contributed by atoms with Crippen molar-refractivity contribution in [2.75, 3.05) is 0 Å². The van der Waals surface area contributed by atoms with Crippen LogP contribution in [-0.2, 0) is 11.3 Å². The van der Waals surface area contributed by atoms with Crippen molar-refractivity contribution in [3.8, 4) is 0 Å². The molecule has 1 aromatic heterocycles. The summed E-state index contributed by atoms with van der Waals surface area (Å²) < 4.78 is 4.81. The number of aromatic amines is 1. The molecule has 0 unspecified atom stereocenters. The summed E-state index contributed by atoms with van der Waals surface area (Å²) in [4.78, 5) is 10.9. The molecule has 1 rings (SSSR count). The van der Waals surface area contributed by atoms with Crippen LogP contribution >= 0.6 is 0 Å². The van der Waals surface area contributed by atoms with Crippen LogP contribution in [0, 0.1) is 0 Å². The minimum Gasteiger partial charge on any atom is -0.447 e. The van der Waals surface area contributed by atoms with E-state index in [1.165, 1.54) is 0 Å². The second kappa shape index (κ2) is 4.39. The largest absolute Gasteiger partial charge is 0.447 e. The lowest BCUT2D eigenvalue weighted by molar-refractivity contribution is 0.115. The Morgan fingerprint density at radius 3 is 3.00 bits per heavy atom. The van der Waals surface area contributed by atoms with Crippen molar-refractivity contribution in [2.45, 2.75) is 26.5 Å². The quantitative estimate of drug-likeness (QED) is 0.682.